The van der Waals surface area contributed by atoms with Gasteiger partial charge in [-0.25, -0.2) is 4.99 Å². The minimum Gasteiger partial charge on any atom is -0.448 e. The molecule has 0 amide bonds. The van der Waals surface area contributed by atoms with Crippen molar-refractivity contribution < 1.29 is 4.42 Å². The van der Waals surface area contributed by atoms with Crippen LogP contribution >= 0.6 is 0 Å². The van der Waals surface area contributed by atoms with Crippen molar-refractivity contribution in [2.75, 3.05) is 25.7 Å². The molecule has 0 fully saturated rings. The van der Waals surface area contributed by atoms with Crippen LogP contribution in [0.4, 0.5) is 5.88 Å². The van der Waals surface area contributed by atoms with Crippen LogP contribution in [0.25, 0.3) is 0 Å². The van der Waals surface area contributed by atoms with Crippen LogP contribution < -0.4 is 16.0 Å². The number of aliphatic imine (C=N–C) groups is 1. The van der Waals surface area contributed by atoms with E-state index in [0.717, 1.165) is 0 Å². The minimum absolute atomic E-state index is 0.421. The van der Waals surface area contributed by atoms with Gasteiger partial charge in [-0.3, -0.25) is 4.90 Å². The third kappa shape index (κ3) is 2.48. The summed E-state index contributed by atoms with van der Waals surface area (Å²) in [5, 5.41) is 2.87. The van der Waals surface area contributed by atoms with Gasteiger partial charge in [-0.05, 0) is 13.1 Å². The van der Waals surface area contributed by atoms with Crippen molar-refractivity contribution in [3.63, 3.8) is 0 Å². The molecule has 1 rings (SSSR count). The molecule has 1 heterocycles. The Morgan fingerprint density at radius 3 is 3.08 bits per heavy atom. The van der Waals surface area contributed by atoms with E-state index < -0.39 is 0 Å². The topological polar surface area (TPSA) is 66.8 Å². The second kappa shape index (κ2) is 4.51. The van der Waals surface area contributed by atoms with Crippen molar-refractivity contribution in [1.29, 1.82) is 0 Å². The Bertz CT molecular complexity index is 268. The van der Waals surface area contributed by atoms with E-state index in [1.807, 2.05) is 13.1 Å². The highest BCUT2D eigenvalue weighted by atomic mass is 16.3. The predicted octanol–water partition coefficient (Wildman–Crippen LogP) is 0.207. The quantitative estimate of drug-likeness (QED) is 0.518. The van der Waals surface area contributed by atoms with Crippen LogP contribution in [0.15, 0.2) is 27.8 Å². The molecule has 1 aromatic heterocycles. The van der Waals surface area contributed by atoms with E-state index in [4.69, 9.17) is 10.2 Å². The number of furan rings is 1. The lowest BCUT2D eigenvalue weighted by molar-refractivity contribution is 0.571. The van der Waals surface area contributed by atoms with Gasteiger partial charge in [-0.15, -0.1) is 0 Å². The maximum absolute atomic E-state index is 5.67. The number of hydrogen-bond acceptors (Lipinski definition) is 3. The van der Waals surface area contributed by atoms with Crippen molar-refractivity contribution in [2.24, 2.45) is 10.7 Å². The normalized spacial score (nSPS) is 11.7. The summed E-state index contributed by atoms with van der Waals surface area (Å²) in [6.07, 6.45) is 1.59. The monoisotopic (exact) mass is 182 g/mol. The number of guanidine groups is 1. The molecule has 0 aliphatic heterocycles. The first-order valence-electron chi connectivity index (χ1n) is 3.97. The number of anilines is 1. The molecule has 0 spiro atoms. The summed E-state index contributed by atoms with van der Waals surface area (Å²) in [7, 11) is 3.61. The zero-order chi connectivity index (χ0) is 9.68. The van der Waals surface area contributed by atoms with Gasteiger partial charge in [-0.2, -0.15) is 0 Å². The van der Waals surface area contributed by atoms with Crippen molar-refractivity contribution in [3.8, 4) is 0 Å². The van der Waals surface area contributed by atoms with Gasteiger partial charge in [0, 0.05) is 13.1 Å². The van der Waals surface area contributed by atoms with Crippen LogP contribution in [0.1, 0.15) is 0 Å². The summed E-state index contributed by atoms with van der Waals surface area (Å²) < 4.78 is 5.14. The molecule has 0 bridgehead atoms. The maximum Gasteiger partial charge on any atom is 0.201 e. The lowest BCUT2D eigenvalue weighted by atomic mass is 10.6. The number of rotatable bonds is 3. The smallest absolute Gasteiger partial charge is 0.201 e. The first-order chi connectivity index (χ1) is 6.25. The highest BCUT2D eigenvalue weighted by molar-refractivity contribution is 5.92. The highest BCUT2D eigenvalue weighted by Crippen LogP contribution is 2.11. The van der Waals surface area contributed by atoms with Crippen LogP contribution in [0.2, 0.25) is 0 Å². The summed E-state index contributed by atoms with van der Waals surface area (Å²) >= 11 is 0. The third-order valence-corrected chi connectivity index (χ3v) is 1.58. The number of nitrogens with zero attached hydrogens (tertiary/aromatic N) is 2. The molecule has 0 aliphatic carbocycles. The summed E-state index contributed by atoms with van der Waals surface area (Å²) in [6, 6.07) is 3.62. The Labute approximate surface area is 77.2 Å². The van der Waals surface area contributed by atoms with Gasteiger partial charge in [0.25, 0.3) is 0 Å². The lowest BCUT2D eigenvalue weighted by Gasteiger charge is -2.14. The molecule has 0 unspecified atom stereocenters. The molecular weight excluding hydrogens is 168 g/mol. The van der Waals surface area contributed by atoms with Crippen molar-refractivity contribution >= 4 is 11.8 Å². The van der Waals surface area contributed by atoms with Gasteiger partial charge in [-0.1, -0.05) is 0 Å². The van der Waals surface area contributed by atoms with Gasteiger partial charge < -0.3 is 15.5 Å². The highest BCUT2D eigenvalue weighted by Gasteiger charge is 2.05. The van der Waals surface area contributed by atoms with E-state index >= 15 is 0 Å². The molecule has 0 saturated carbocycles. The molecule has 0 radical (unpaired) electrons. The number of hydrogen-bond donors (Lipinski definition) is 2. The molecule has 5 heteroatoms. The third-order valence-electron chi connectivity index (χ3n) is 1.58. The molecule has 3 N–H and O–H groups in total. The van der Waals surface area contributed by atoms with E-state index in [2.05, 4.69) is 10.3 Å². The Kier molecular flexibility index (Phi) is 3.33. The van der Waals surface area contributed by atoms with Crippen LogP contribution in [0, 0.1) is 0 Å². The molecule has 0 saturated heterocycles. The first-order valence-corrected chi connectivity index (χ1v) is 3.97. The van der Waals surface area contributed by atoms with E-state index in [1.54, 1.807) is 24.3 Å². The first kappa shape index (κ1) is 9.60. The standard InChI is InChI=1S/C8H14N4O/c1-10-6-11-8(9)12(2)7-4-3-5-13-7/h3-5,10H,6H2,1-2H3,(H2,9,11). The number of nitrogens with one attached hydrogen (secondary N) is 1. The average molecular weight is 182 g/mol. The van der Waals surface area contributed by atoms with Crippen LogP contribution in [0.5, 0.6) is 0 Å². The summed E-state index contributed by atoms with van der Waals surface area (Å²) in [4.78, 5) is 5.73. The van der Waals surface area contributed by atoms with Gasteiger partial charge in [0.2, 0.25) is 5.88 Å². The van der Waals surface area contributed by atoms with E-state index in [-0.39, 0.29) is 0 Å². The van der Waals surface area contributed by atoms with Crippen LogP contribution in [-0.4, -0.2) is 26.7 Å². The Morgan fingerprint density at radius 2 is 2.54 bits per heavy atom. The van der Waals surface area contributed by atoms with Crippen LogP contribution in [-0.2, 0) is 0 Å². The van der Waals surface area contributed by atoms with E-state index in [0.29, 0.717) is 18.5 Å². The van der Waals surface area contributed by atoms with Crippen LogP contribution in [0.3, 0.4) is 0 Å². The number of nitrogens with two attached hydrogens (primary N) is 1. The molecular formula is C8H14N4O. The summed E-state index contributed by atoms with van der Waals surface area (Å²) in [6.45, 7) is 0.497. The predicted molar refractivity (Wildman–Crippen MR) is 52.7 cm³/mol. The molecule has 0 aromatic carbocycles. The van der Waals surface area contributed by atoms with E-state index in [9.17, 15) is 0 Å². The molecule has 1 aromatic rings. The lowest BCUT2D eigenvalue weighted by Crippen LogP contribution is -2.34. The van der Waals surface area contributed by atoms with E-state index in [1.165, 1.54) is 0 Å². The van der Waals surface area contributed by atoms with Crippen molar-refractivity contribution in [3.05, 3.63) is 18.4 Å². The molecule has 72 valence electrons. The molecule has 0 atom stereocenters. The SMILES string of the molecule is CNCN=C(N)N(C)c1ccco1. The second-order valence-electron chi connectivity index (χ2n) is 2.54. The van der Waals surface area contributed by atoms with Gasteiger partial charge >= 0.3 is 0 Å². The van der Waals surface area contributed by atoms with Crippen molar-refractivity contribution in [2.45, 2.75) is 0 Å². The Hall–Kier alpha value is -1.49. The van der Waals surface area contributed by atoms with Gasteiger partial charge in [0.15, 0.2) is 5.96 Å². The molecule has 5 nitrogen and oxygen atoms in total. The summed E-state index contributed by atoms with van der Waals surface area (Å²) in [5.41, 5.74) is 5.67. The zero-order valence-corrected chi connectivity index (χ0v) is 7.82. The fourth-order valence-corrected chi connectivity index (χ4v) is 0.840. The van der Waals surface area contributed by atoms with Crippen molar-refractivity contribution in [1.82, 2.24) is 5.32 Å². The Balaban J connectivity index is 2.62. The van der Waals surface area contributed by atoms with Gasteiger partial charge in [0.05, 0.1) is 12.9 Å². The largest absolute Gasteiger partial charge is 0.448 e. The fraction of sp³-hybridized carbons (Fsp3) is 0.375. The summed E-state index contributed by atoms with van der Waals surface area (Å²) in [5.74, 6) is 1.10. The second-order valence-corrected chi connectivity index (χ2v) is 2.54. The zero-order valence-electron chi connectivity index (χ0n) is 7.82. The Morgan fingerprint density at radius 1 is 1.77 bits per heavy atom. The molecule has 0 aliphatic rings. The molecule has 13 heavy (non-hydrogen) atoms. The maximum atomic E-state index is 5.67. The average Bonchev–Trinajstić information content (AvgIpc) is 2.65. The van der Waals surface area contributed by atoms with Gasteiger partial charge in [0.1, 0.15) is 0 Å². The minimum atomic E-state index is 0.421. The fourth-order valence-electron chi connectivity index (χ4n) is 0.840.